The van der Waals surface area contributed by atoms with Gasteiger partial charge in [-0.15, -0.1) is 0 Å². The summed E-state index contributed by atoms with van der Waals surface area (Å²) in [4.78, 5) is 7.80. The van der Waals surface area contributed by atoms with Crippen molar-refractivity contribution < 1.29 is 5.11 Å². The molecule has 2 heterocycles. The highest BCUT2D eigenvalue weighted by Gasteiger charge is 2.29. The number of aromatic nitrogens is 1. The average Bonchev–Trinajstić information content (AvgIpc) is 2.86. The number of nitrogens with zero attached hydrogens (tertiary/aromatic N) is 2. The number of hydrogen-bond donors (Lipinski definition) is 1. The Morgan fingerprint density at radius 2 is 2.25 bits per heavy atom. The van der Waals surface area contributed by atoms with Gasteiger partial charge >= 0.3 is 0 Å². The Morgan fingerprint density at radius 1 is 1.50 bits per heavy atom. The highest BCUT2D eigenvalue weighted by molar-refractivity contribution is 7.15. The van der Waals surface area contributed by atoms with E-state index in [0.717, 1.165) is 16.6 Å². The minimum Gasteiger partial charge on any atom is -0.388 e. The zero-order chi connectivity index (χ0) is 11.7. The third-order valence-corrected chi connectivity index (χ3v) is 4.44. The molecule has 0 aromatic carbocycles. The van der Waals surface area contributed by atoms with Crippen LogP contribution in [-0.4, -0.2) is 22.7 Å². The van der Waals surface area contributed by atoms with E-state index < -0.39 is 6.10 Å². The molecule has 1 saturated heterocycles. The Labute approximate surface area is 101 Å². The maximum atomic E-state index is 9.51. The number of anilines is 1. The molecule has 1 aliphatic heterocycles. The van der Waals surface area contributed by atoms with E-state index in [4.69, 9.17) is 0 Å². The lowest BCUT2D eigenvalue weighted by molar-refractivity contribution is 0.203. The fourth-order valence-corrected chi connectivity index (χ4v) is 3.26. The van der Waals surface area contributed by atoms with Crippen molar-refractivity contribution in [3.05, 3.63) is 11.1 Å². The topological polar surface area (TPSA) is 36.4 Å². The van der Waals surface area contributed by atoms with E-state index in [1.54, 1.807) is 24.5 Å². The number of thiazole rings is 1. The second-order valence-electron chi connectivity index (χ2n) is 4.87. The summed E-state index contributed by atoms with van der Waals surface area (Å²) >= 11 is 1.62. The van der Waals surface area contributed by atoms with Gasteiger partial charge in [0.05, 0.1) is 11.0 Å². The Balaban J connectivity index is 2.16. The molecule has 1 N–H and O–H groups in total. The molecule has 1 fully saturated rings. The number of aliphatic hydroxyl groups excluding tert-OH is 1. The van der Waals surface area contributed by atoms with Gasteiger partial charge in [0, 0.05) is 18.8 Å². The van der Waals surface area contributed by atoms with Crippen LogP contribution in [0.5, 0.6) is 0 Å². The molecule has 3 nitrogen and oxygen atoms in total. The van der Waals surface area contributed by atoms with Crippen molar-refractivity contribution in [3.63, 3.8) is 0 Å². The molecule has 0 radical (unpaired) electrons. The number of rotatable bonds is 3. The zero-order valence-corrected chi connectivity index (χ0v) is 11.0. The first-order chi connectivity index (χ1) is 7.59. The van der Waals surface area contributed by atoms with Gasteiger partial charge in [0.1, 0.15) is 0 Å². The van der Waals surface area contributed by atoms with Crippen LogP contribution in [0.2, 0.25) is 0 Å². The van der Waals surface area contributed by atoms with Gasteiger partial charge < -0.3 is 10.0 Å². The van der Waals surface area contributed by atoms with E-state index in [9.17, 15) is 5.11 Å². The molecule has 2 rings (SSSR count). The summed E-state index contributed by atoms with van der Waals surface area (Å²) in [6, 6.07) is 0.619. The van der Waals surface area contributed by atoms with Crippen LogP contribution in [0.1, 0.15) is 44.6 Å². The van der Waals surface area contributed by atoms with Gasteiger partial charge in [0.25, 0.3) is 0 Å². The number of aliphatic hydroxyl groups is 1. The van der Waals surface area contributed by atoms with Crippen LogP contribution < -0.4 is 4.90 Å². The molecular formula is C12H20N2OS. The largest absolute Gasteiger partial charge is 0.388 e. The van der Waals surface area contributed by atoms with Crippen LogP contribution in [-0.2, 0) is 0 Å². The normalized spacial score (nSPS) is 23.1. The van der Waals surface area contributed by atoms with Gasteiger partial charge in [-0.2, -0.15) is 0 Å². The first kappa shape index (κ1) is 11.9. The van der Waals surface area contributed by atoms with Gasteiger partial charge in [-0.1, -0.05) is 25.2 Å². The van der Waals surface area contributed by atoms with E-state index in [0.29, 0.717) is 12.0 Å². The Morgan fingerprint density at radius 3 is 2.81 bits per heavy atom. The molecule has 0 aliphatic carbocycles. The third-order valence-electron chi connectivity index (χ3n) is 3.24. The predicted octanol–water partition coefficient (Wildman–Crippen LogP) is 2.82. The molecule has 0 saturated carbocycles. The van der Waals surface area contributed by atoms with Crippen LogP contribution in [0.25, 0.3) is 0 Å². The summed E-state index contributed by atoms with van der Waals surface area (Å²) in [6.07, 6.45) is 3.93. The van der Waals surface area contributed by atoms with Crippen LogP contribution in [0.3, 0.4) is 0 Å². The van der Waals surface area contributed by atoms with E-state index in [-0.39, 0.29) is 0 Å². The predicted molar refractivity (Wildman–Crippen MR) is 68.0 cm³/mol. The quantitative estimate of drug-likeness (QED) is 0.882. The zero-order valence-electron chi connectivity index (χ0n) is 10.2. The highest BCUT2D eigenvalue weighted by atomic mass is 32.1. The first-order valence-corrected chi connectivity index (χ1v) is 6.81. The molecule has 0 spiro atoms. The molecule has 90 valence electrons. The van der Waals surface area contributed by atoms with Gasteiger partial charge in [-0.05, 0) is 25.7 Å². The van der Waals surface area contributed by atoms with Gasteiger partial charge in [-0.3, -0.25) is 0 Å². The van der Waals surface area contributed by atoms with E-state index >= 15 is 0 Å². The maximum absolute atomic E-state index is 9.51. The molecule has 0 amide bonds. The second kappa shape index (κ2) is 4.72. The third kappa shape index (κ3) is 2.23. The Kier molecular flexibility index (Phi) is 3.50. The SMILES string of the molecule is CC(O)c1cnc(N2CCCC2C(C)C)s1. The molecule has 1 aromatic rings. The van der Waals surface area contributed by atoms with Crippen molar-refractivity contribution in [2.24, 2.45) is 5.92 Å². The lowest BCUT2D eigenvalue weighted by Gasteiger charge is -2.27. The van der Waals surface area contributed by atoms with Gasteiger partial charge in [-0.25, -0.2) is 4.98 Å². The Bertz CT molecular complexity index is 349. The molecule has 2 unspecified atom stereocenters. The number of hydrogen-bond acceptors (Lipinski definition) is 4. The summed E-state index contributed by atoms with van der Waals surface area (Å²) < 4.78 is 0. The Hall–Kier alpha value is -0.610. The average molecular weight is 240 g/mol. The second-order valence-corrected chi connectivity index (χ2v) is 5.91. The standard InChI is InChI=1S/C12H20N2OS/c1-8(2)10-5-4-6-14(10)12-13-7-11(16-12)9(3)15/h7-10,15H,4-6H2,1-3H3. The van der Waals surface area contributed by atoms with E-state index in [1.165, 1.54) is 12.8 Å². The van der Waals surface area contributed by atoms with Crippen molar-refractivity contribution in [2.45, 2.75) is 45.8 Å². The minimum atomic E-state index is -0.397. The van der Waals surface area contributed by atoms with Crippen LogP contribution in [0.15, 0.2) is 6.20 Å². The van der Waals surface area contributed by atoms with Crippen molar-refractivity contribution >= 4 is 16.5 Å². The molecule has 2 atom stereocenters. The van der Waals surface area contributed by atoms with Crippen LogP contribution in [0.4, 0.5) is 5.13 Å². The molecule has 16 heavy (non-hydrogen) atoms. The van der Waals surface area contributed by atoms with Gasteiger partial charge in [0.2, 0.25) is 0 Å². The lowest BCUT2D eigenvalue weighted by Crippen LogP contribution is -2.33. The molecule has 0 bridgehead atoms. The first-order valence-electron chi connectivity index (χ1n) is 6.00. The van der Waals surface area contributed by atoms with Crippen LogP contribution >= 0.6 is 11.3 Å². The van der Waals surface area contributed by atoms with Crippen molar-refractivity contribution in [3.8, 4) is 0 Å². The van der Waals surface area contributed by atoms with Crippen molar-refractivity contribution in [2.75, 3.05) is 11.4 Å². The summed E-state index contributed by atoms with van der Waals surface area (Å²) in [5, 5.41) is 10.6. The monoisotopic (exact) mass is 240 g/mol. The molecule has 1 aromatic heterocycles. The highest BCUT2D eigenvalue weighted by Crippen LogP contribution is 2.34. The smallest absolute Gasteiger partial charge is 0.185 e. The van der Waals surface area contributed by atoms with Crippen molar-refractivity contribution in [1.82, 2.24) is 4.98 Å². The molecule has 4 heteroatoms. The summed E-state index contributed by atoms with van der Waals surface area (Å²) in [6.45, 7) is 7.44. The minimum absolute atomic E-state index is 0.397. The van der Waals surface area contributed by atoms with Crippen LogP contribution in [0, 0.1) is 5.92 Å². The summed E-state index contributed by atoms with van der Waals surface area (Å²) in [5.74, 6) is 0.668. The van der Waals surface area contributed by atoms with Crippen molar-refractivity contribution in [1.29, 1.82) is 0 Å². The van der Waals surface area contributed by atoms with Gasteiger partial charge in [0.15, 0.2) is 5.13 Å². The fourth-order valence-electron chi connectivity index (χ4n) is 2.33. The maximum Gasteiger partial charge on any atom is 0.185 e. The summed E-state index contributed by atoms with van der Waals surface area (Å²) in [7, 11) is 0. The summed E-state index contributed by atoms with van der Waals surface area (Å²) in [5.41, 5.74) is 0. The molecule has 1 aliphatic rings. The van der Waals surface area contributed by atoms with E-state index in [1.807, 2.05) is 0 Å². The lowest BCUT2D eigenvalue weighted by atomic mass is 10.0. The van der Waals surface area contributed by atoms with E-state index in [2.05, 4.69) is 23.7 Å². The molecular weight excluding hydrogens is 220 g/mol. The fraction of sp³-hybridized carbons (Fsp3) is 0.750.